The molecule has 1 aromatic rings. The third kappa shape index (κ3) is 3.03. The summed E-state index contributed by atoms with van der Waals surface area (Å²) in [5, 5.41) is 9.11. The molecule has 0 saturated heterocycles. The summed E-state index contributed by atoms with van der Waals surface area (Å²) in [5.74, 6) is 0.306. The van der Waals surface area contributed by atoms with Gasteiger partial charge >= 0.3 is 5.97 Å². The predicted octanol–water partition coefficient (Wildman–Crippen LogP) is 3.73. The number of ether oxygens (including phenoxy) is 1. The highest BCUT2D eigenvalue weighted by atomic mass is 16.5. The van der Waals surface area contributed by atoms with Crippen molar-refractivity contribution in [1.82, 2.24) is 0 Å². The molecule has 0 radical (unpaired) electrons. The summed E-state index contributed by atoms with van der Waals surface area (Å²) in [6.45, 7) is 2.21. The zero-order valence-electron chi connectivity index (χ0n) is 10.8. The Morgan fingerprint density at radius 1 is 1.39 bits per heavy atom. The van der Waals surface area contributed by atoms with Gasteiger partial charge in [-0.2, -0.15) is 0 Å². The van der Waals surface area contributed by atoms with Gasteiger partial charge in [0.15, 0.2) is 0 Å². The van der Waals surface area contributed by atoms with E-state index in [4.69, 9.17) is 9.84 Å². The Hall–Kier alpha value is -1.51. The second kappa shape index (κ2) is 5.89. The van der Waals surface area contributed by atoms with Crippen LogP contribution >= 0.6 is 0 Å². The van der Waals surface area contributed by atoms with E-state index in [0.29, 0.717) is 5.75 Å². The maximum Gasteiger partial charge on any atom is 0.339 e. The number of rotatable bonds is 4. The molecule has 1 aliphatic carbocycles. The largest absolute Gasteiger partial charge is 0.490 e. The molecule has 0 heterocycles. The van der Waals surface area contributed by atoms with Gasteiger partial charge in [-0.25, -0.2) is 4.79 Å². The van der Waals surface area contributed by atoms with E-state index in [2.05, 4.69) is 6.92 Å². The fraction of sp³-hybridized carbons (Fsp3) is 0.533. The van der Waals surface area contributed by atoms with Gasteiger partial charge in [-0.05, 0) is 37.3 Å². The van der Waals surface area contributed by atoms with Gasteiger partial charge in [0.2, 0.25) is 0 Å². The molecule has 1 aromatic carbocycles. The molecule has 2 atom stereocenters. The van der Waals surface area contributed by atoms with Crippen LogP contribution in [0.1, 0.15) is 49.4 Å². The number of carboxylic acid groups (broad SMARTS) is 1. The molecule has 1 saturated carbocycles. The number of benzene rings is 1. The first kappa shape index (κ1) is 12.9. The molecular formula is C15H20O3. The van der Waals surface area contributed by atoms with E-state index >= 15 is 0 Å². The molecule has 0 aromatic heterocycles. The fourth-order valence-corrected chi connectivity index (χ4v) is 2.65. The molecule has 1 aliphatic rings. The molecule has 3 heteroatoms. The number of carboxylic acids is 1. The van der Waals surface area contributed by atoms with Crippen molar-refractivity contribution in [2.24, 2.45) is 5.92 Å². The number of hydrogen-bond acceptors (Lipinski definition) is 2. The van der Waals surface area contributed by atoms with Crippen LogP contribution in [0.15, 0.2) is 24.3 Å². The maximum absolute atomic E-state index is 11.1. The summed E-state index contributed by atoms with van der Waals surface area (Å²) in [6.07, 6.45) is 5.88. The van der Waals surface area contributed by atoms with Crippen LogP contribution in [0.2, 0.25) is 0 Å². The molecule has 3 nitrogen and oxygen atoms in total. The van der Waals surface area contributed by atoms with Gasteiger partial charge in [0, 0.05) is 0 Å². The molecule has 18 heavy (non-hydrogen) atoms. The average molecular weight is 248 g/mol. The molecule has 0 amide bonds. The van der Waals surface area contributed by atoms with Crippen LogP contribution in [0.25, 0.3) is 0 Å². The highest BCUT2D eigenvalue weighted by Crippen LogP contribution is 2.30. The third-order valence-electron chi connectivity index (χ3n) is 3.72. The summed E-state index contributed by atoms with van der Waals surface area (Å²) >= 11 is 0. The van der Waals surface area contributed by atoms with Crippen LogP contribution in [0.3, 0.4) is 0 Å². The third-order valence-corrected chi connectivity index (χ3v) is 3.72. The van der Waals surface area contributed by atoms with Crippen LogP contribution < -0.4 is 4.74 Å². The van der Waals surface area contributed by atoms with Gasteiger partial charge in [-0.1, -0.05) is 31.9 Å². The average Bonchev–Trinajstić information content (AvgIpc) is 2.39. The zero-order valence-corrected chi connectivity index (χ0v) is 10.8. The number of aromatic carboxylic acids is 1. The maximum atomic E-state index is 11.1. The van der Waals surface area contributed by atoms with Gasteiger partial charge in [-0.15, -0.1) is 0 Å². The normalized spacial score (nSPS) is 23.6. The quantitative estimate of drug-likeness (QED) is 0.883. The van der Waals surface area contributed by atoms with E-state index in [-0.39, 0.29) is 11.7 Å². The van der Waals surface area contributed by atoms with Gasteiger partial charge in [0.1, 0.15) is 11.3 Å². The minimum atomic E-state index is -0.923. The molecular weight excluding hydrogens is 228 g/mol. The van der Waals surface area contributed by atoms with E-state index in [1.165, 1.54) is 19.3 Å². The second-order valence-electron chi connectivity index (χ2n) is 4.98. The molecule has 1 fully saturated rings. The van der Waals surface area contributed by atoms with Crippen molar-refractivity contribution in [3.05, 3.63) is 29.8 Å². The van der Waals surface area contributed by atoms with Gasteiger partial charge in [-0.3, -0.25) is 0 Å². The molecule has 2 unspecified atom stereocenters. The topological polar surface area (TPSA) is 46.5 Å². The Bertz CT molecular complexity index is 414. The van der Waals surface area contributed by atoms with Crippen LogP contribution in [-0.2, 0) is 0 Å². The molecule has 98 valence electrons. The Kier molecular flexibility index (Phi) is 4.24. The van der Waals surface area contributed by atoms with Crippen molar-refractivity contribution in [2.75, 3.05) is 0 Å². The van der Waals surface area contributed by atoms with E-state index in [0.717, 1.165) is 18.8 Å². The van der Waals surface area contributed by atoms with Crippen LogP contribution in [0, 0.1) is 5.92 Å². The SMILES string of the molecule is CCC1CCCC(Oc2ccccc2C(=O)O)C1. The Morgan fingerprint density at radius 3 is 2.89 bits per heavy atom. The number of hydrogen-bond donors (Lipinski definition) is 1. The van der Waals surface area contributed by atoms with E-state index in [1.54, 1.807) is 18.2 Å². The Balaban J connectivity index is 2.07. The lowest BCUT2D eigenvalue weighted by Crippen LogP contribution is -2.25. The summed E-state index contributed by atoms with van der Waals surface area (Å²) < 4.78 is 5.90. The summed E-state index contributed by atoms with van der Waals surface area (Å²) in [7, 11) is 0. The Labute approximate surface area is 108 Å². The lowest BCUT2D eigenvalue weighted by Gasteiger charge is -2.29. The number of para-hydroxylation sites is 1. The van der Waals surface area contributed by atoms with E-state index in [9.17, 15) is 4.79 Å². The standard InChI is InChI=1S/C15H20O3/c1-2-11-6-5-7-12(10-11)18-14-9-4-3-8-13(14)15(16)17/h3-4,8-9,11-12H,2,5-7,10H2,1H3,(H,16,17). The first-order valence-corrected chi connectivity index (χ1v) is 6.69. The van der Waals surface area contributed by atoms with Crippen LogP contribution in [-0.4, -0.2) is 17.2 Å². The molecule has 1 N–H and O–H groups in total. The number of carbonyl (C=O) groups is 1. The van der Waals surface area contributed by atoms with Crippen molar-refractivity contribution in [3.8, 4) is 5.75 Å². The van der Waals surface area contributed by atoms with Crippen molar-refractivity contribution < 1.29 is 14.6 Å². The van der Waals surface area contributed by atoms with Crippen molar-refractivity contribution in [1.29, 1.82) is 0 Å². The minimum Gasteiger partial charge on any atom is -0.490 e. The highest BCUT2D eigenvalue weighted by Gasteiger charge is 2.23. The molecule has 2 rings (SSSR count). The van der Waals surface area contributed by atoms with Gasteiger partial charge < -0.3 is 9.84 Å². The first-order chi connectivity index (χ1) is 8.70. The van der Waals surface area contributed by atoms with E-state index < -0.39 is 5.97 Å². The molecule has 0 spiro atoms. The van der Waals surface area contributed by atoms with E-state index in [1.807, 2.05) is 6.07 Å². The summed E-state index contributed by atoms with van der Waals surface area (Å²) in [5.41, 5.74) is 0.260. The highest BCUT2D eigenvalue weighted by molar-refractivity contribution is 5.90. The van der Waals surface area contributed by atoms with Crippen molar-refractivity contribution in [3.63, 3.8) is 0 Å². The molecule has 0 aliphatic heterocycles. The lowest BCUT2D eigenvalue weighted by atomic mass is 9.85. The monoisotopic (exact) mass is 248 g/mol. The molecule has 0 bridgehead atoms. The van der Waals surface area contributed by atoms with Gasteiger partial charge in [0.05, 0.1) is 6.10 Å². The smallest absolute Gasteiger partial charge is 0.339 e. The first-order valence-electron chi connectivity index (χ1n) is 6.69. The second-order valence-corrected chi connectivity index (χ2v) is 4.98. The van der Waals surface area contributed by atoms with Crippen molar-refractivity contribution in [2.45, 2.75) is 45.1 Å². The Morgan fingerprint density at radius 2 is 2.17 bits per heavy atom. The predicted molar refractivity (Wildman–Crippen MR) is 70.1 cm³/mol. The zero-order chi connectivity index (χ0) is 13.0. The summed E-state index contributed by atoms with van der Waals surface area (Å²) in [4.78, 5) is 11.1. The van der Waals surface area contributed by atoms with Crippen LogP contribution in [0.4, 0.5) is 0 Å². The summed E-state index contributed by atoms with van der Waals surface area (Å²) in [6, 6.07) is 6.89. The van der Waals surface area contributed by atoms with Crippen molar-refractivity contribution >= 4 is 5.97 Å². The minimum absolute atomic E-state index is 0.171. The van der Waals surface area contributed by atoms with Crippen LogP contribution in [0.5, 0.6) is 5.75 Å². The lowest BCUT2D eigenvalue weighted by molar-refractivity contribution is 0.0682. The van der Waals surface area contributed by atoms with Gasteiger partial charge in [0.25, 0.3) is 0 Å². The fourth-order valence-electron chi connectivity index (χ4n) is 2.65.